The molecule has 4 aliphatic heterocycles. The molecule has 0 spiro atoms. The molecule has 0 N–H and O–H groups in total. The van der Waals surface area contributed by atoms with E-state index in [2.05, 4.69) is 215 Å². The van der Waals surface area contributed by atoms with E-state index in [9.17, 15) is 0 Å². The van der Waals surface area contributed by atoms with Crippen LogP contribution < -0.4 is 30.4 Å². The fraction of sp³-hybridized carbons (Fsp3) is 0.185. The maximum absolute atomic E-state index is 2.66. The van der Waals surface area contributed by atoms with Gasteiger partial charge in [0.25, 0.3) is 6.71 Å². The second-order valence-corrected chi connectivity index (χ2v) is 20.1. The van der Waals surface area contributed by atoms with Crippen LogP contribution in [0.4, 0.5) is 51.2 Å². The zero-order chi connectivity index (χ0) is 40.2. The number of anilines is 9. The Morgan fingerprint density at radius 1 is 0.508 bits per heavy atom. The first-order valence-electron chi connectivity index (χ1n) is 21.1. The van der Waals surface area contributed by atoms with E-state index in [1.54, 1.807) is 0 Å². The first kappa shape index (κ1) is 35.0. The second-order valence-electron chi connectivity index (χ2n) is 19.0. The smallest absolute Gasteiger partial charge is 0.264 e. The first-order valence-corrected chi connectivity index (χ1v) is 21.9. The number of nitrogens with zero attached hydrogens (tertiary/aromatic N) is 3. The Hall–Kier alpha value is -6.04. The Kier molecular flexibility index (Phi) is 6.99. The van der Waals surface area contributed by atoms with Crippen molar-refractivity contribution in [2.75, 3.05) is 14.7 Å². The monoisotopic (exact) mass is 779 g/mol. The minimum Gasteiger partial charge on any atom is -0.311 e. The standard InChI is InChI=1S/C54H46BN3S/c1-52(2,3)33-25-29-43-40(31-33)54(6,7)39-27-30-44-48-49(39)58(43)45-32-36(56(34-17-10-8-11-18-34)35-19-12-9-13-20-35)26-28-41(45)55(48)51-50-47-38(22-16-24-46(47)59-51)53(4,5)37-21-14-15-23-42(37)57(44)50/h8-32H,1-7H3. The van der Waals surface area contributed by atoms with E-state index in [0.29, 0.717) is 0 Å². The van der Waals surface area contributed by atoms with Crippen LogP contribution in [0.3, 0.4) is 0 Å². The van der Waals surface area contributed by atoms with Crippen LogP contribution in [0.1, 0.15) is 76.3 Å². The van der Waals surface area contributed by atoms with Crippen LogP contribution in [0, 0.1) is 0 Å². The van der Waals surface area contributed by atoms with Crippen LogP contribution in [0.2, 0.25) is 0 Å². The summed E-state index contributed by atoms with van der Waals surface area (Å²) in [5.41, 5.74) is 20.5. The summed E-state index contributed by atoms with van der Waals surface area (Å²) in [5.74, 6) is 0. The lowest BCUT2D eigenvalue weighted by atomic mass is 9.35. The molecule has 0 amide bonds. The van der Waals surface area contributed by atoms with Crippen molar-refractivity contribution in [3.05, 3.63) is 179 Å². The molecular formula is C54H46BN3S. The van der Waals surface area contributed by atoms with Gasteiger partial charge in [0, 0.05) is 59.8 Å². The summed E-state index contributed by atoms with van der Waals surface area (Å²) in [6.07, 6.45) is 0. The maximum Gasteiger partial charge on any atom is 0.264 e. The van der Waals surface area contributed by atoms with Crippen molar-refractivity contribution in [3.8, 4) is 0 Å². The summed E-state index contributed by atoms with van der Waals surface area (Å²) in [6, 6.07) is 57.4. The molecule has 0 radical (unpaired) electrons. The summed E-state index contributed by atoms with van der Waals surface area (Å²) in [7, 11) is 0. The number of fused-ring (bicyclic) bond motifs is 9. The minimum absolute atomic E-state index is 0.0234. The quantitative estimate of drug-likeness (QED) is 0.165. The van der Waals surface area contributed by atoms with Crippen molar-refractivity contribution in [3.63, 3.8) is 0 Å². The van der Waals surface area contributed by atoms with E-state index in [1.807, 2.05) is 11.3 Å². The Bertz CT molecular complexity index is 3020. The molecule has 5 heterocycles. The molecule has 0 unspecified atom stereocenters. The topological polar surface area (TPSA) is 9.72 Å². The number of benzene rings is 7. The molecular weight excluding hydrogens is 733 g/mol. The molecule has 0 aliphatic carbocycles. The highest BCUT2D eigenvalue weighted by atomic mass is 32.1. The van der Waals surface area contributed by atoms with Gasteiger partial charge < -0.3 is 14.7 Å². The Morgan fingerprint density at radius 2 is 1.14 bits per heavy atom. The number of para-hydroxylation sites is 3. The summed E-state index contributed by atoms with van der Waals surface area (Å²) in [4.78, 5) is 7.72. The van der Waals surface area contributed by atoms with Crippen LogP contribution >= 0.6 is 11.3 Å². The van der Waals surface area contributed by atoms with Gasteiger partial charge in [-0.15, -0.1) is 11.3 Å². The van der Waals surface area contributed by atoms with E-state index in [4.69, 9.17) is 0 Å². The van der Waals surface area contributed by atoms with Crippen LogP contribution in [0.5, 0.6) is 0 Å². The summed E-state index contributed by atoms with van der Waals surface area (Å²) in [5, 5.41) is 1.40. The van der Waals surface area contributed by atoms with Gasteiger partial charge in [-0.2, -0.15) is 0 Å². The largest absolute Gasteiger partial charge is 0.311 e. The Morgan fingerprint density at radius 3 is 1.86 bits per heavy atom. The van der Waals surface area contributed by atoms with Gasteiger partial charge in [-0.3, -0.25) is 0 Å². The van der Waals surface area contributed by atoms with E-state index in [1.165, 1.54) is 87.7 Å². The highest BCUT2D eigenvalue weighted by Crippen LogP contribution is 2.59. The van der Waals surface area contributed by atoms with E-state index in [-0.39, 0.29) is 23.0 Å². The summed E-state index contributed by atoms with van der Waals surface area (Å²) in [6.45, 7) is 16.8. The number of hydrogen-bond acceptors (Lipinski definition) is 4. The molecule has 1 aromatic heterocycles. The van der Waals surface area contributed by atoms with Gasteiger partial charge in [-0.25, -0.2) is 0 Å². The molecule has 0 saturated heterocycles. The van der Waals surface area contributed by atoms with Crippen LogP contribution in [0.25, 0.3) is 10.1 Å². The SMILES string of the molecule is CC(C)(C)c1ccc2c(c1)C(C)(C)c1ccc3c4c1N2c1cc(N(c2ccccc2)c2ccccc2)ccc1B4c1sc2cccc4c2c1N3c1ccccc1C4(C)C. The number of thiophene rings is 1. The van der Waals surface area contributed by atoms with Gasteiger partial charge in [0.15, 0.2) is 0 Å². The van der Waals surface area contributed by atoms with Crippen molar-refractivity contribution in [2.24, 2.45) is 0 Å². The second kappa shape index (κ2) is 11.8. The summed E-state index contributed by atoms with van der Waals surface area (Å²) < 4.78 is 2.80. The fourth-order valence-electron chi connectivity index (χ4n) is 11.0. The molecule has 5 heteroatoms. The lowest BCUT2D eigenvalue weighted by Crippen LogP contribution is -2.61. The molecule has 59 heavy (non-hydrogen) atoms. The molecule has 4 aliphatic rings. The zero-order valence-electron chi connectivity index (χ0n) is 34.8. The van der Waals surface area contributed by atoms with E-state index < -0.39 is 0 Å². The molecule has 0 atom stereocenters. The molecule has 8 aromatic rings. The van der Waals surface area contributed by atoms with Crippen LogP contribution in [-0.2, 0) is 16.2 Å². The lowest BCUT2D eigenvalue weighted by molar-refractivity contribution is 0.580. The normalized spacial score (nSPS) is 15.9. The average Bonchev–Trinajstić information content (AvgIpc) is 3.59. The first-order chi connectivity index (χ1) is 28.4. The van der Waals surface area contributed by atoms with Gasteiger partial charge in [-0.1, -0.05) is 139 Å². The highest BCUT2D eigenvalue weighted by Gasteiger charge is 2.51. The Balaban J connectivity index is 1.21. The highest BCUT2D eigenvalue weighted by molar-refractivity contribution is 7.33. The maximum atomic E-state index is 2.66. The van der Waals surface area contributed by atoms with Gasteiger partial charge in [0.05, 0.1) is 17.1 Å². The fourth-order valence-corrected chi connectivity index (χ4v) is 12.3. The minimum atomic E-state index is -0.233. The number of rotatable bonds is 3. The molecule has 0 fully saturated rings. The Labute approximate surface area is 352 Å². The third kappa shape index (κ3) is 4.60. The van der Waals surface area contributed by atoms with Crippen LogP contribution in [0.15, 0.2) is 152 Å². The van der Waals surface area contributed by atoms with Crippen LogP contribution in [-0.4, -0.2) is 6.71 Å². The zero-order valence-corrected chi connectivity index (χ0v) is 35.6. The lowest BCUT2D eigenvalue weighted by Gasteiger charge is -2.50. The van der Waals surface area contributed by atoms with Crippen molar-refractivity contribution < 1.29 is 0 Å². The predicted molar refractivity (Wildman–Crippen MR) is 253 cm³/mol. The molecule has 0 saturated carbocycles. The summed E-state index contributed by atoms with van der Waals surface area (Å²) >= 11 is 2.00. The van der Waals surface area contributed by atoms with Gasteiger partial charge in [0.1, 0.15) is 0 Å². The van der Waals surface area contributed by atoms with E-state index >= 15 is 0 Å². The molecule has 0 bridgehead atoms. The third-order valence-corrected chi connectivity index (χ3v) is 15.2. The predicted octanol–water partition coefficient (Wildman–Crippen LogP) is 13.0. The molecule has 7 aromatic carbocycles. The third-order valence-electron chi connectivity index (χ3n) is 13.9. The van der Waals surface area contributed by atoms with Crippen molar-refractivity contribution in [1.29, 1.82) is 0 Å². The molecule has 286 valence electrons. The average molecular weight is 780 g/mol. The number of hydrogen-bond donors (Lipinski definition) is 0. The van der Waals surface area contributed by atoms with Crippen molar-refractivity contribution in [1.82, 2.24) is 0 Å². The van der Waals surface area contributed by atoms with Gasteiger partial charge in [0.2, 0.25) is 0 Å². The van der Waals surface area contributed by atoms with Crippen molar-refractivity contribution >= 4 is 95.0 Å². The molecule has 3 nitrogen and oxygen atoms in total. The van der Waals surface area contributed by atoms with Gasteiger partial charge in [-0.05, 0) is 105 Å². The van der Waals surface area contributed by atoms with E-state index in [0.717, 1.165) is 17.1 Å². The van der Waals surface area contributed by atoms with Crippen molar-refractivity contribution in [2.45, 2.75) is 64.7 Å². The molecule has 12 rings (SSSR count). The van der Waals surface area contributed by atoms with Gasteiger partial charge >= 0.3 is 0 Å².